The van der Waals surface area contributed by atoms with Gasteiger partial charge in [0.2, 0.25) is 5.28 Å². The summed E-state index contributed by atoms with van der Waals surface area (Å²) in [5.74, 6) is -0.880. The Balaban J connectivity index is 0.000000292. The first kappa shape index (κ1) is 13.1. The Kier molecular flexibility index (Phi) is 4.73. The van der Waals surface area contributed by atoms with E-state index in [0.29, 0.717) is 0 Å². The number of hydrogen-bond donors (Lipinski definition) is 2. The molecule has 1 rings (SSSR count). The van der Waals surface area contributed by atoms with Crippen LogP contribution in [0.1, 0.15) is 20.8 Å². The van der Waals surface area contributed by atoms with Crippen LogP contribution in [-0.4, -0.2) is 15.5 Å². The van der Waals surface area contributed by atoms with Crippen molar-refractivity contribution in [2.75, 3.05) is 5.73 Å². The lowest BCUT2D eigenvalue weighted by Gasteiger charge is -2.06. The standard InChI is InChI=1S/C4H3ClFN3.C4H11N/c5-4-8-1-2(6)3(7)9-4;1-4(2,3)5/h1H,(H2,7,8,9);5H2,1-3H3. The molecule has 1 aromatic rings. The van der Waals surface area contributed by atoms with Crippen molar-refractivity contribution in [3.8, 4) is 0 Å². The summed E-state index contributed by atoms with van der Waals surface area (Å²) in [5.41, 5.74) is 10.4. The van der Waals surface area contributed by atoms with E-state index in [1.54, 1.807) is 0 Å². The van der Waals surface area contributed by atoms with Gasteiger partial charge in [-0.1, -0.05) is 0 Å². The van der Waals surface area contributed by atoms with Crippen LogP contribution in [0.15, 0.2) is 6.20 Å². The highest BCUT2D eigenvalue weighted by Gasteiger charge is 1.98. The first-order chi connectivity index (χ1) is 6.20. The van der Waals surface area contributed by atoms with Crippen LogP contribution in [0.25, 0.3) is 0 Å². The zero-order chi connectivity index (χ0) is 11.4. The third-order valence-electron chi connectivity index (χ3n) is 0.742. The summed E-state index contributed by atoms with van der Waals surface area (Å²) in [6, 6.07) is 0. The van der Waals surface area contributed by atoms with Crippen LogP contribution in [-0.2, 0) is 0 Å². The summed E-state index contributed by atoms with van der Waals surface area (Å²) in [7, 11) is 0. The normalized spacial score (nSPS) is 10.4. The summed E-state index contributed by atoms with van der Waals surface area (Å²) in [6.07, 6.45) is 0.921. The molecule has 4 nitrogen and oxygen atoms in total. The first-order valence-electron chi connectivity index (χ1n) is 3.92. The minimum atomic E-state index is -0.653. The predicted molar refractivity (Wildman–Crippen MR) is 55.4 cm³/mol. The van der Waals surface area contributed by atoms with Gasteiger partial charge in [-0.25, -0.2) is 9.37 Å². The average Bonchev–Trinajstić information content (AvgIpc) is 1.94. The lowest BCUT2D eigenvalue weighted by Crippen LogP contribution is -2.26. The zero-order valence-electron chi connectivity index (χ0n) is 8.38. The summed E-state index contributed by atoms with van der Waals surface area (Å²) < 4.78 is 12.2. The van der Waals surface area contributed by atoms with Crippen LogP contribution < -0.4 is 11.5 Å². The minimum Gasteiger partial charge on any atom is -0.381 e. The molecule has 0 spiro atoms. The number of halogens is 2. The molecular weight excluding hydrogens is 207 g/mol. The van der Waals surface area contributed by atoms with Gasteiger partial charge in [0.05, 0.1) is 6.20 Å². The second-order valence-corrected chi connectivity index (χ2v) is 4.08. The summed E-state index contributed by atoms with van der Waals surface area (Å²) in [6.45, 7) is 5.90. The van der Waals surface area contributed by atoms with Crippen molar-refractivity contribution in [3.63, 3.8) is 0 Å². The van der Waals surface area contributed by atoms with Crippen molar-refractivity contribution < 1.29 is 4.39 Å². The van der Waals surface area contributed by atoms with Crippen molar-refractivity contribution >= 4 is 17.4 Å². The fourth-order valence-corrected chi connectivity index (χ4v) is 0.498. The first-order valence-corrected chi connectivity index (χ1v) is 4.30. The van der Waals surface area contributed by atoms with Gasteiger partial charge in [0, 0.05) is 5.54 Å². The quantitative estimate of drug-likeness (QED) is 0.651. The van der Waals surface area contributed by atoms with Crippen molar-refractivity contribution in [1.82, 2.24) is 9.97 Å². The molecule has 1 heterocycles. The number of nitrogen functional groups attached to an aromatic ring is 1. The topological polar surface area (TPSA) is 77.8 Å². The minimum absolute atomic E-state index is 0. The molecule has 0 aliphatic heterocycles. The van der Waals surface area contributed by atoms with E-state index in [4.69, 9.17) is 23.1 Å². The molecule has 0 bridgehead atoms. The highest BCUT2D eigenvalue weighted by Crippen LogP contribution is 2.06. The van der Waals surface area contributed by atoms with Gasteiger partial charge in [-0.2, -0.15) is 4.98 Å². The third-order valence-corrected chi connectivity index (χ3v) is 0.924. The number of anilines is 1. The Labute approximate surface area is 87.5 Å². The lowest BCUT2D eigenvalue weighted by atomic mass is 10.1. The van der Waals surface area contributed by atoms with Gasteiger partial charge >= 0.3 is 0 Å². The molecule has 0 aliphatic carbocycles. The maximum atomic E-state index is 12.2. The summed E-state index contributed by atoms with van der Waals surface area (Å²) in [5, 5.41) is -0.0473. The number of nitrogens with two attached hydrogens (primary N) is 2. The second kappa shape index (κ2) is 5.07. The molecule has 4 N–H and O–H groups in total. The van der Waals surface area contributed by atoms with E-state index >= 15 is 0 Å². The Morgan fingerprint density at radius 2 is 1.86 bits per heavy atom. The smallest absolute Gasteiger partial charge is 0.224 e. The molecule has 0 saturated carbocycles. The van der Waals surface area contributed by atoms with E-state index < -0.39 is 5.82 Å². The van der Waals surface area contributed by atoms with Crippen LogP contribution in [0, 0.1) is 5.82 Å². The van der Waals surface area contributed by atoms with Crippen molar-refractivity contribution in [1.29, 1.82) is 0 Å². The third kappa shape index (κ3) is 7.70. The summed E-state index contributed by atoms with van der Waals surface area (Å²) >= 11 is 5.25. The Hall–Kier alpha value is -0.940. The van der Waals surface area contributed by atoms with E-state index in [-0.39, 0.29) is 16.6 Å². The highest BCUT2D eigenvalue weighted by atomic mass is 35.5. The van der Waals surface area contributed by atoms with Gasteiger partial charge < -0.3 is 11.5 Å². The van der Waals surface area contributed by atoms with Gasteiger partial charge in [-0.05, 0) is 32.4 Å². The van der Waals surface area contributed by atoms with Crippen LogP contribution >= 0.6 is 11.6 Å². The predicted octanol–water partition coefficient (Wildman–Crippen LogP) is 1.59. The second-order valence-electron chi connectivity index (χ2n) is 3.74. The van der Waals surface area contributed by atoms with E-state index in [1.165, 1.54) is 0 Å². The number of rotatable bonds is 0. The maximum Gasteiger partial charge on any atom is 0.224 e. The van der Waals surface area contributed by atoms with E-state index in [9.17, 15) is 4.39 Å². The van der Waals surface area contributed by atoms with Gasteiger partial charge in [0.25, 0.3) is 0 Å². The molecule has 6 heteroatoms. The molecule has 0 atom stereocenters. The Morgan fingerprint density at radius 3 is 2.14 bits per heavy atom. The largest absolute Gasteiger partial charge is 0.381 e. The van der Waals surface area contributed by atoms with Crippen LogP contribution in [0.4, 0.5) is 10.2 Å². The van der Waals surface area contributed by atoms with Crippen molar-refractivity contribution in [3.05, 3.63) is 17.3 Å². The Bertz CT molecular complexity index is 292. The van der Waals surface area contributed by atoms with Gasteiger partial charge in [0.15, 0.2) is 11.6 Å². The molecular formula is C8H14ClFN4. The summed E-state index contributed by atoms with van der Waals surface area (Å²) in [4.78, 5) is 6.67. The maximum absolute atomic E-state index is 12.2. The number of aromatic nitrogens is 2. The number of hydrogen-bond acceptors (Lipinski definition) is 4. The van der Waals surface area contributed by atoms with Crippen LogP contribution in [0.5, 0.6) is 0 Å². The fourth-order valence-electron chi connectivity index (χ4n) is 0.358. The van der Waals surface area contributed by atoms with Gasteiger partial charge in [-0.15, -0.1) is 0 Å². The molecule has 14 heavy (non-hydrogen) atoms. The monoisotopic (exact) mass is 220 g/mol. The average molecular weight is 221 g/mol. The molecule has 0 unspecified atom stereocenters. The van der Waals surface area contributed by atoms with Gasteiger partial charge in [0.1, 0.15) is 0 Å². The van der Waals surface area contributed by atoms with Crippen LogP contribution in [0.3, 0.4) is 0 Å². The molecule has 1 aromatic heterocycles. The SMILES string of the molecule is CC(C)(C)N.Nc1nc(Cl)ncc1F. The molecule has 0 saturated heterocycles. The lowest BCUT2D eigenvalue weighted by molar-refractivity contribution is 0.580. The zero-order valence-corrected chi connectivity index (χ0v) is 9.14. The van der Waals surface area contributed by atoms with E-state index in [2.05, 4.69) is 9.97 Å². The highest BCUT2D eigenvalue weighted by molar-refractivity contribution is 6.28. The van der Waals surface area contributed by atoms with E-state index in [1.807, 2.05) is 20.8 Å². The molecule has 0 aliphatic rings. The van der Waals surface area contributed by atoms with Gasteiger partial charge in [-0.3, -0.25) is 0 Å². The molecule has 0 aromatic carbocycles. The van der Waals surface area contributed by atoms with E-state index in [0.717, 1.165) is 6.20 Å². The molecule has 80 valence electrons. The van der Waals surface area contributed by atoms with Crippen molar-refractivity contribution in [2.45, 2.75) is 26.3 Å². The Morgan fingerprint density at radius 1 is 1.43 bits per heavy atom. The van der Waals surface area contributed by atoms with Crippen molar-refractivity contribution in [2.24, 2.45) is 5.73 Å². The van der Waals surface area contributed by atoms with Crippen LogP contribution in [0.2, 0.25) is 5.28 Å². The fraction of sp³-hybridized carbons (Fsp3) is 0.500. The molecule has 0 fully saturated rings. The molecule has 0 radical (unpaired) electrons. The number of nitrogens with zero attached hydrogens (tertiary/aromatic N) is 2. The molecule has 0 amide bonds.